The van der Waals surface area contributed by atoms with E-state index in [2.05, 4.69) is 67.2 Å². The van der Waals surface area contributed by atoms with E-state index >= 15 is 0 Å². The predicted octanol–water partition coefficient (Wildman–Crippen LogP) is 4.81. The number of aryl methyl sites for hydroxylation is 1. The number of anilines is 1. The Morgan fingerprint density at radius 3 is 2.48 bits per heavy atom. The topological polar surface area (TPSA) is 59.2 Å². The minimum Gasteiger partial charge on any atom is -0.357 e. The van der Waals surface area contributed by atoms with Crippen LogP contribution in [0.5, 0.6) is 0 Å². The van der Waals surface area contributed by atoms with Gasteiger partial charge in [-0.25, -0.2) is 15.0 Å². The molecule has 1 aliphatic heterocycles. The van der Waals surface area contributed by atoms with Crippen LogP contribution >= 0.6 is 0 Å². The van der Waals surface area contributed by atoms with Crippen molar-refractivity contribution >= 4 is 11.5 Å². The smallest absolute Gasteiger partial charge is 0.136 e. The lowest BCUT2D eigenvalue weighted by molar-refractivity contribution is 0.632. The van der Waals surface area contributed by atoms with Crippen LogP contribution in [0.25, 0.3) is 5.65 Å². The molecule has 0 aromatic carbocycles. The predicted molar refractivity (Wildman–Crippen MR) is 132 cm³/mol. The van der Waals surface area contributed by atoms with Crippen molar-refractivity contribution in [3.05, 3.63) is 83.0 Å². The molecule has 0 spiro atoms. The summed E-state index contributed by atoms with van der Waals surface area (Å²) in [5.41, 5.74) is 6.67. The quantitative estimate of drug-likeness (QED) is 0.413. The Morgan fingerprint density at radius 1 is 0.879 bits per heavy atom. The van der Waals surface area contributed by atoms with E-state index in [1.807, 2.05) is 16.8 Å². The maximum absolute atomic E-state index is 4.98. The van der Waals surface area contributed by atoms with Crippen molar-refractivity contribution in [2.75, 3.05) is 18.0 Å². The van der Waals surface area contributed by atoms with Crippen molar-refractivity contribution in [3.8, 4) is 0 Å². The second kappa shape index (κ2) is 9.30. The van der Waals surface area contributed by atoms with Crippen molar-refractivity contribution in [1.82, 2.24) is 24.3 Å². The number of rotatable bonds is 7. The number of pyridine rings is 2. The number of hydrogen-bond acceptors (Lipinski definition) is 5. The highest BCUT2D eigenvalue weighted by atomic mass is 15.2. The molecule has 170 valence electrons. The number of nitrogens with zero attached hydrogens (tertiary/aromatic N) is 6. The van der Waals surface area contributed by atoms with E-state index in [1.54, 1.807) is 0 Å². The normalized spacial score (nSPS) is 14.0. The van der Waals surface area contributed by atoms with Crippen molar-refractivity contribution in [1.29, 1.82) is 0 Å². The van der Waals surface area contributed by atoms with Crippen LogP contribution < -0.4 is 4.90 Å². The van der Waals surface area contributed by atoms with E-state index in [9.17, 15) is 0 Å². The number of fused-ring (bicyclic) bond motifs is 1. The van der Waals surface area contributed by atoms with E-state index < -0.39 is 0 Å². The molecule has 33 heavy (non-hydrogen) atoms. The Balaban J connectivity index is 1.46. The largest absolute Gasteiger partial charge is 0.357 e. The lowest BCUT2D eigenvalue weighted by atomic mass is 10.1. The van der Waals surface area contributed by atoms with Crippen molar-refractivity contribution in [2.24, 2.45) is 5.92 Å². The van der Waals surface area contributed by atoms with Crippen LogP contribution in [0, 0.1) is 12.8 Å². The van der Waals surface area contributed by atoms with Gasteiger partial charge in [-0.3, -0.25) is 4.98 Å². The number of imidazole rings is 1. The van der Waals surface area contributed by atoms with E-state index in [-0.39, 0.29) is 0 Å². The summed E-state index contributed by atoms with van der Waals surface area (Å²) in [6.07, 6.45) is 10.7. The van der Waals surface area contributed by atoms with Gasteiger partial charge in [-0.2, -0.15) is 0 Å². The van der Waals surface area contributed by atoms with Crippen molar-refractivity contribution < 1.29 is 0 Å². The molecule has 0 unspecified atom stereocenters. The molecule has 0 saturated carbocycles. The summed E-state index contributed by atoms with van der Waals surface area (Å²) in [7, 11) is 0. The molecule has 4 aromatic rings. The Morgan fingerprint density at radius 2 is 1.67 bits per heavy atom. The number of hydrogen-bond donors (Lipinski definition) is 0. The molecule has 5 rings (SSSR count). The standard InChI is InChI=1S/C27H32N6/c1-19(2)12-22-13-20(3)14-23(29-22)17-25-30-24(18-27(31-25)32-8-4-5-9-32)15-21-6-10-33-11-7-28-26(33)16-21/h6-7,10-11,13-14,16,18-19H,4-5,8-9,12,15,17H2,1-3H3. The summed E-state index contributed by atoms with van der Waals surface area (Å²) in [5, 5.41) is 0. The zero-order valence-electron chi connectivity index (χ0n) is 19.8. The monoisotopic (exact) mass is 440 g/mol. The van der Waals surface area contributed by atoms with Gasteiger partial charge in [-0.1, -0.05) is 13.8 Å². The fourth-order valence-electron chi connectivity index (χ4n) is 4.68. The van der Waals surface area contributed by atoms with Crippen LogP contribution in [0.2, 0.25) is 0 Å². The van der Waals surface area contributed by atoms with Crippen LogP contribution in [-0.4, -0.2) is 37.4 Å². The van der Waals surface area contributed by atoms with Gasteiger partial charge >= 0.3 is 0 Å². The van der Waals surface area contributed by atoms with Crippen LogP contribution in [0.15, 0.2) is 48.9 Å². The molecule has 1 fully saturated rings. The molecule has 6 nitrogen and oxygen atoms in total. The van der Waals surface area contributed by atoms with Crippen LogP contribution in [0.1, 0.15) is 60.7 Å². The third-order valence-electron chi connectivity index (χ3n) is 6.12. The van der Waals surface area contributed by atoms with Gasteiger partial charge in [-0.15, -0.1) is 0 Å². The van der Waals surface area contributed by atoms with Gasteiger partial charge in [0.15, 0.2) is 0 Å². The summed E-state index contributed by atoms with van der Waals surface area (Å²) >= 11 is 0. The highest BCUT2D eigenvalue weighted by Crippen LogP contribution is 2.22. The van der Waals surface area contributed by atoms with Crippen LogP contribution in [0.3, 0.4) is 0 Å². The summed E-state index contributed by atoms with van der Waals surface area (Å²) in [5.74, 6) is 2.48. The maximum atomic E-state index is 4.98. The fourth-order valence-corrected chi connectivity index (χ4v) is 4.68. The lowest BCUT2D eigenvalue weighted by Crippen LogP contribution is -2.20. The summed E-state index contributed by atoms with van der Waals surface area (Å²) < 4.78 is 2.03. The lowest BCUT2D eigenvalue weighted by Gasteiger charge is -2.18. The highest BCUT2D eigenvalue weighted by Gasteiger charge is 2.17. The molecule has 0 atom stereocenters. The SMILES string of the molecule is Cc1cc(Cc2nc(Cc3ccn4ccnc4c3)cc(N3CCCC3)n2)nc(CC(C)C)c1. The summed E-state index contributed by atoms with van der Waals surface area (Å²) in [4.78, 5) is 21.7. The molecule has 0 amide bonds. The second-order valence-corrected chi connectivity index (χ2v) is 9.63. The Kier molecular flexibility index (Phi) is 6.07. The molecular formula is C27H32N6. The zero-order chi connectivity index (χ0) is 22.8. The van der Waals surface area contributed by atoms with Crippen molar-refractivity contribution in [3.63, 3.8) is 0 Å². The first-order valence-electron chi connectivity index (χ1n) is 12.0. The van der Waals surface area contributed by atoms with Crippen LogP contribution in [-0.2, 0) is 19.3 Å². The van der Waals surface area contributed by atoms with Gasteiger partial charge in [0.2, 0.25) is 0 Å². The Labute approximate surface area is 195 Å². The minimum atomic E-state index is 0.584. The third kappa shape index (κ3) is 5.21. The third-order valence-corrected chi connectivity index (χ3v) is 6.12. The van der Waals surface area contributed by atoms with Crippen molar-refractivity contribution in [2.45, 2.75) is 52.9 Å². The van der Waals surface area contributed by atoms with E-state index in [4.69, 9.17) is 15.0 Å². The molecule has 0 N–H and O–H groups in total. The van der Waals surface area contributed by atoms with Crippen LogP contribution in [0.4, 0.5) is 5.82 Å². The minimum absolute atomic E-state index is 0.584. The molecule has 6 heteroatoms. The second-order valence-electron chi connectivity index (χ2n) is 9.63. The van der Waals surface area contributed by atoms with Gasteiger partial charge in [0.05, 0.1) is 12.1 Å². The Hall–Kier alpha value is -3.28. The van der Waals surface area contributed by atoms with Gasteiger partial charge < -0.3 is 9.30 Å². The van der Waals surface area contributed by atoms with Gasteiger partial charge in [0, 0.05) is 55.6 Å². The molecule has 5 heterocycles. The Bertz CT molecular complexity index is 1250. The molecular weight excluding hydrogens is 408 g/mol. The van der Waals surface area contributed by atoms with Gasteiger partial charge in [-0.05, 0) is 67.5 Å². The van der Waals surface area contributed by atoms with E-state index in [1.165, 1.54) is 24.0 Å². The molecule has 0 bridgehead atoms. The molecule has 1 aliphatic rings. The molecule has 1 saturated heterocycles. The first-order valence-corrected chi connectivity index (χ1v) is 12.0. The first kappa shape index (κ1) is 21.6. The summed E-state index contributed by atoms with van der Waals surface area (Å²) in [6, 6.07) is 10.8. The fraction of sp³-hybridized carbons (Fsp3) is 0.407. The first-order chi connectivity index (χ1) is 16.0. The average molecular weight is 441 g/mol. The number of aromatic nitrogens is 5. The van der Waals surface area contributed by atoms with E-state index in [0.29, 0.717) is 12.3 Å². The molecule has 0 aliphatic carbocycles. The van der Waals surface area contributed by atoms with E-state index in [0.717, 1.165) is 60.3 Å². The highest BCUT2D eigenvalue weighted by molar-refractivity contribution is 5.45. The molecule has 0 radical (unpaired) electrons. The maximum Gasteiger partial charge on any atom is 0.136 e. The van der Waals surface area contributed by atoms with Gasteiger partial charge in [0.1, 0.15) is 17.3 Å². The zero-order valence-corrected chi connectivity index (χ0v) is 19.8. The summed E-state index contributed by atoms with van der Waals surface area (Å²) in [6.45, 7) is 8.75. The average Bonchev–Trinajstić information content (AvgIpc) is 3.44. The molecule has 4 aromatic heterocycles. The van der Waals surface area contributed by atoms with Gasteiger partial charge in [0.25, 0.3) is 0 Å².